The maximum absolute atomic E-state index is 10.5. The Morgan fingerprint density at radius 1 is 1.28 bits per heavy atom. The smallest absolute Gasteiger partial charge is 0.328 e. The summed E-state index contributed by atoms with van der Waals surface area (Å²) in [7, 11) is 0. The summed E-state index contributed by atoms with van der Waals surface area (Å²) in [6, 6.07) is 6.30. The van der Waals surface area contributed by atoms with Gasteiger partial charge in [-0.3, -0.25) is 0 Å². The van der Waals surface area contributed by atoms with Crippen LogP contribution in [0, 0.1) is 6.92 Å². The molecule has 1 aromatic carbocycles. The molecular formula is C16H22O2. The summed E-state index contributed by atoms with van der Waals surface area (Å²) in [6.45, 7) is 4.21. The molecule has 0 radical (unpaired) electrons. The SMILES string of the molecule is CCCCCCc1ccc(C)c(/C=C/C(=O)O)c1. The van der Waals surface area contributed by atoms with Gasteiger partial charge in [0.2, 0.25) is 0 Å². The van der Waals surface area contributed by atoms with Crippen molar-refractivity contribution in [1.82, 2.24) is 0 Å². The summed E-state index contributed by atoms with van der Waals surface area (Å²) < 4.78 is 0. The first-order chi connectivity index (χ1) is 8.63. The Morgan fingerprint density at radius 3 is 2.72 bits per heavy atom. The molecule has 0 saturated heterocycles. The van der Waals surface area contributed by atoms with E-state index in [1.807, 2.05) is 6.92 Å². The molecule has 0 heterocycles. The lowest BCUT2D eigenvalue weighted by Crippen LogP contribution is -1.91. The molecule has 0 saturated carbocycles. The van der Waals surface area contributed by atoms with E-state index in [9.17, 15) is 4.79 Å². The highest BCUT2D eigenvalue weighted by atomic mass is 16.4. The maximum atomic E-state index is 10.5. The highest BCUT2D eigenvalue weighted by Crippen LogP contribution is 2.15. The summed E-state index contributed by atoms with van der Waals surface area (Å²) in [6.07, 6.45) is 8.96. The molecule has 2 nitrogen and oxygen atoms in total. The second-order valence-electron chi connectivity index (χ2n) is 4.67. The molecule has 18 heavy (non-hydrogen) atoms. The number of carboxylic acids is 1. The van der Waals surface area contributed by atoms with Gasteiger partial charge in [0.05, 0.1) is 0 Å². The van der Waals surface area contributed by atoms with Gasteiger partial charge >= 0.3 is 5.97 Å². The lowest BCUT2D eigenvalue weighted by molar-refractivity contribution is -0.131. The topological polar surface area (TPSA) is 37.3 Å². The molecule has 0 aliphatic heterocycles. The van der Waals surface area contributed by atoms with Gasteiger partial charge in [-0.25, -0.2) is 4.79 Å². The molecule has 2 heteroatoms. The first-order valence-corrected chi connectivity index (χ1v) is 6.64. The van der Waals surface area contributed by atoms with E-state index in [1.54, 1.807) is 6.08 Å². The van der Waals surface area contributed by atoms with Crippen LogP contribution in [0.5, 0.6) is 0 Å². The maximum Gasteiger partial charge on any atom is 0.328 e. The minimum Gasteiger partial charge on any atom is -0.478 e. The lowest BCUT2D eigenvalue weighted by atomic mass is 10.0. The van der Waals surface area contributed by atoms with Crippen LogP contribution in [0.15, 0.2) is 24.3 Å². The summed E-state index contributed by atoms with van der Waals surface area (Å²) in [5.41, 5.74) is 3.41. The summed E-state index contributed by atoms with van der Waals surface area (Å²) in [4.78, 5) is 10.5. The number of carboxylic acid groups (broad SMARTS) is 1. The predicted octanol–water partition coefficient (Wildman–Crippen LogP) is 4.22. The Labute approximate surface area is 109 Å². The van der Waals surface area contributed by atoms with E-state index in [0.717, 1.165) is 17.5 Å². The first kappa shape index (κ1) is 14.5. The van der Waals surface area contributed by atoms with Gasteiger partial charge in [-0.1, -0.05) is 44.4 Å². The fraction of sp³-hybridized carbons (Fsp3) is 0.438. The highest BCUT2D eigenvalue weighted by molar-refractivity contribution is 5.85. The van der Waals surface area contributed by atoms with Crippen LogP contribution >= 0.6 is 0 Å². The van der Waals surface area contributed by atoms with Gasteiger partial charge in [0.25, 0.3) is 0 Å². The van der Waals surface area contributed by atoms with Crippen molar-refractivity contribution < 1.29 is 9.90 Å². The molecule has 0 aliphatic rings. The normalized spacial score (nSPS) is 11.0. The van der Waals surface area contributed by atoms with Gasteiger partial charge in [-0.15, -0.1) is 0 Å². The Kier molecular flexibility index (Phi) is 6.20. The van der Waals surface area contributed by atoms with Crippen molar-refractivity contribution in [3.8, 4) is 0 Å². The number of rotatable bonds is 7. The molecule has 98 valence electrons. The monoisotopic (exact) mass is 246 g/mol. The number of carbonyl (C=O) groups is 1. The van der Waals surface area contributed by atoms with Gasteiger partial charge in [-0.2, -0.15) is 0 Å². The second-order valence-corrected chi connectivity index (χ2v) is 4.67. The Hall–Kier alpha value is -1.57. The average Bonchev–Trinajstić information content (AvgIpc) is 2.34. The number of unbranched alkanes of at least 4 members (excludes halogenated alkanes) is 3. The Bertz CT molecular complexity index is 419. The third-order valence-electron chi connectivity index (χ3n) is 3.07. The van der Waals surface area contributed by atoms with E-state index in [1.165, 1.54) is 37.3 Å². The number of aryl methyl sites for hydroxylation is 2. The van der Waals surface area contributed by atoms with Crippen LogP contribution in [0.25, 0.3) is 6.08 Å². The van der Waals surface area contributed by atoms with E-state index >= 15 is 0 Å². The Balaban J connectivity index is 2.65. The van der Waals surface area contributed by atoms with Gasteiger partial charge in [0, 0.05) is 6.08 Å². The first-order valence-electron chi connectivity index (χ1n) is 6.64. The summed E-state index contributed by atoms with van der Waals surface area (Å²) in [5.74, 6) is -0.900. The number of hydrogen-bond donors (Lipinski definition) is 1. The summed E-state index contributed by atoms with van der Waals surface area (Å²) >= 11 is 0. The van der Waals surface area contributed by atoms with Crippen LogP contribution in [0.3, 0.4) is 0 Å². The molecule has 0 fully saturated rings. The van der Waals surface area contributed by atoms with Crippen molar-refractivity contribution in [1.29, 1.82) is 0 Å². The number of hydrogen-bond acceptors (Lipinski definition) is 1. The van der Waals surface area contributed by atoms with Crippen molar-refractivity contribution in [3.63, 3.8) is 0 Å². The fourth-order valence-corrected chi connectivity index (χ4v) is 1.94. The minimum absolute atomic E-state index is 0.900. The van der Waals surface area contributed by atoms with E-state index in [-0.39, 0.29) is 0 Å². The number of benzene rings is 1. The largest absolute Gasteiger partial charge is 0.478 e. The Morgan fingerprint density at radius 2 is 2.06 bits per heavy atom. The zero-order valence-electron chi connectivity index (χ0n) is 11.3. The van der Waals surface area contributed by atoms with Gasteiger partial charge < -0.3 is 5.11 Å². The number of aliphatic carboxylic acids is 1. The summed E-state index contributed by atoms with van der Waals surface area (Å²) in [5, 5.41) is 8.65. The van der Waals surface area contributed by atoms with Crippen LogP contribution in [0.4, 0.5) is 0 Å². The standard InChI is InChI=1S/C16H22O2/c1-3-4-5-6-7-14-9-8-13(2)15(12-14)10-11-16(17)18/h8-12H,3-7H2,1-2H3,(H,17,18)/b11-10+. The molecule has 0 bridgehead atoms. The van der Waals surface area contributed by atoms with Crippen molar-refractivity contribution in [2.24, 2.45) is 0 Å². The van der Waals surface area contributed by atoms with Crippen LogP contribution in [0.1, 0.15) is 49.3 Å². The predicted molar refractivity (Wildman–Crippen MR) is 75.7 cm³/mol. The molecule has 1 rings (SSSR count). The van der Waals surface area contributed by atoms with E-state index < -0.39 is 5.97 Å². The van der Waals surface area contributed by atoms with Crippen LogP contribution < -0.4 is 0 Å². The molecule has 0 aliphatic carbocycles. The van der Waals surface area contributed by atoms with Crippen LogP contribution in [-0.4, -0.2) is 11.1 Å². The third-order valence-corrected chi connectivity index (χ3v) is 3.07. The third kappa shape index (κ3) is 5.17. The molecule has 0 amide bonds. The molecule has 0 unspecified atom stereocenters. The van der Waals surface area contributed by atoms with Crippen LogP contribution in [0.2, 0.25) is 0 Å². The van der Waals surface area contributed by atoms with Crippen molar-refractivity contribution >= 4 is 12.0 Å². The van der Waals surface area contributed by atoms with Gasteiger partial charge in [-0.05, 0) is 42.5 Å². The fourth-order valence-electron chi connectivity index (χ4n) is 1.94. The molecule has 0 aromatic heterocycles. The zero-order chi connectivity index (χ0) is 13.4. The van der Waals surface area contributed by atoms with Gasteiger partial charge in [0.15, 0.2) is 0 Å². The van der Waals surface area contributed by atoms with Crippen molar-refractivity contribution in [2.75, 3.05) is 0 Å². The molecule has 0 spiro atoms. The quantitative estimate of drug-likeness (QED) is 0.578. The molecular weight excluding hydrogens is 224 g/mol. The minimum atomic E-state index is -0.900. The molecule has 1 N–H and O–H groups in total. The van der Waals surface area contributed by atoms with Crippen molar-refractivity contribution in [2.45, 2.75) is 46.0 Å². The van der Waals surface area contributed by atoms with E-state index in [2.05, 4.69) is 25.1 Å². The average molecular weight is 246 g/mol. The van der Waals surface area contributed by atoms with Crippen LogP contribution in [-0.2, 0) is 11.2 Å². The van der Waals surface area contributed by atoms with E-state index in [0.29, 0.717) is 0 Å². The second kappa shape index (κ2) is 7.70. The highest BCUT2D eigenvalue weighted by Gasteiger charge is 1.99. The lowest BCUT2D eigenvalue weighted by Gasteiger charge is -2.05. The molecule has 0 atom stereocenters. The van der Waals surface area contributed by atoms with Crippen molar-refractivity contribution in [3.05, 3.63) is 41.0 Å². The zero-order valence-corrected chi connectivity index (χ0v) is 11.3. The van der Waals surface area contributed by atoms with E-state index in [4.69, 9.17) is 5.11 Å². The molecule has 1 aromatic rings. The van der Waals surface area contributed by atoms with Gasteiger partial charge in [0.1, 0.15) is 0 Å².